The van der Waals surface area contributed by atoms with E-state index in [0.29, 0.717) is 17.5 Å². The van der Waals surface area contributed by atoms with E-state index in [9.17, 15) is 0 Å². The van der Waals surface area contributed by atoms with Crippen LogP contribution in [0.2, 0.25) is 0 Å². The van der Waals surface area contributed by atoms with Crippen molar-refractivity contribution in [1.29, 1.82) is 0 Å². The molecule has 0 aliphatic heterocycles. The fourth-order valence-corrected chi connectivity index (χ4v) is 6.43. The molecule has 1 aliphatic carbocycles. The molecule has 0 fully saturated rings. The van der Waals surface area contributed by atoms with Crippen LogP contribution in [0.15, 0.2) is 127 Å². The fourth-order valence-electron chi connectivity index (χ4n) is 6.43. The number of rotatable bonds is 3. The van der Waals surface area contributed by atoms with Crippen LogP contribution in [-0.2, 0) is 5.41 Å². The van der Waals surface area contributed by atoms with Crippen molar-refractivity contribution < 1.29 is 0 Å². The third-order valence-corrected chi connectivity index (χ3v) is 8.54. The summed E-state index contributed by atoms with van der Waals surface area (Å²) in [4.78, 5) is 15.4. The van der Waals surface area contributed by atoms with Crippen LogP contribution in [0.4, 0.5) is 0 Å². The summed E-state index contributed by atoms with van der Waals surface area (Å²) < 4.78 is 0. The third kappa shape index (κ3) is 3.70. The van der Waals surface area contributed by atoms with Crippen LogP contribution in [0.3, 0.4) is 0 Å². The van der Waals surface area contributed by atoms with E-state index in [2.05, 4.69) is 141 Å². The Morgan fingerprint density at radius 3 is 1.56 bits per heavy atom. The van der Waals surface area contributed by atoms with Crippen molar-refractivity contribution >= 4 is 21.5 Å². The molecule has 1 aromatic heterocycles. The van der Waals surface area contributed by atoms with Gasteiger partial charge in [-0.1, -0.05) is 135 Å². The zero-order chi connectivity index (χ0) is 27.6. The van der Waals surface area contributed by atoms with Crippen molar-refractivity contribution in [3.63, 3.8) is 0 Å². The van der Waals surface area contributed by atoms with Gasteiger partial charge in [0.15, 0.2) is 17.5 Å². The minimum atomic E-state index is -0.105. The average molecular weight is 526 g/mol. The van der Waals surface area contributed by atoms with Crippen molar-refractivity contribution in [3.8, 4) is 45.3 Å². The Hall–Kier alpha value is -5.15. The molecule has 194 valence electrons. The lowest BCUT2D eigenvalue weighted by atomic mass is 9.82. The van der Waals surface area contributed by atoms with Gasteiger partial charge in [0.1, 0.15) is 0 Å². The number of fused-ring (bicyclic) bond motifs is 5. The Labute approximate surface area is 239 Å². The molecule has 0 bridgehead atoms. The summed E-state index contributed by atoms with van der Waals surface area (Å²) >= 11 is 0. The van der Waals surface area contributed by atoms with Gasteiger partial charge >= 0.3 is 0 Å². The lowest BCUT2D eigenvalue weighted by Gasteiger charge is -2.21. The normalized spacial score (nSPS) is 13.3. The minimum Gasteiger partial charge on any atom is -0.208 e. The molecule has 0 saturated carbocycles. The molecule has 41 heavy (non-hydrogen) atoms. The van der Waals surface area contributed by atoms with Crippen LogP contribution in [0.5, 0.6) is 0 Å². The van der Waals surface area contributed by atoms with Crippen LogP contribution >= 0.6 is 0 Å². The van der Waals surface area contributed by atoms with Crippen molar-refractivity contribution in [2.75, 3.05) is 0 Å². The highest BCUT2D eigenvalue weighted by atomic mass is 15.0. The van der Waals surface area contributed by atoms with E-state index in [1.807, 2.05) is 0 Å². The first-order valence-corrected chi connectivity index (χ1v) is 14.0. The molecular weight excluding hydrogens is 498 g/mol. The van der Waals surface area contributed by atoms with Gasteiger partial charge in [-0.25, -0.2) is 15.0 Å². The highest BCUT2D eigenvalue weighted by Crippen LogP contribution is 2.49. The molecule has 0 spiro atoms. The first kappa shape index (κ1) is 23.7. The highest BCUT2D eigenvalue weighted by molar-refractivity contribution is 5.97. The molecule has 0 unspecified atom stereocenters. The Morgan fingerprint density at radius 1 is 0.415 bits per heavy atom. The molecule has 1 heterocycles. The highest BCUT2D eigenvalue weighted by Gasteiger charge is 2.35. The molecule has 8 rings (SSSR count). The molecule has 0 radical (unpaired) electrons. The zero-order valence-corrected chi connectivity index (χ0v) is 23.0. The zero-order valence-electron chi connectivity index (χ0n) is 23.0. The van der Waals surface area contributed by atoms with E-state index < -0.39 is 0 Å². The van der Waals surface area contributed by atoms with E-state index in [-0.39, 0.29) is 5.41 Å². The maximum absolute atomic E-state index is 5.13. The summed E-state index contributed by atoms with van der Waals surface area (Å²) in [6.07, 6.45) is 0. The second-order valence-corrected chi connectivity index (χ2v) is 11.3. The summed E-state index contributed by atoms with van der Waals surface area (Å²) in [6.45, 7) is 4.61. The summed E-state index contributed by atoms with van der Waals surface area (Å²) in [6, 6.07) is 44.8. The fraction of sp³-hybridized carbons (Fsp3) is 0.0789. The molecule has 0 saturated heterocycles. The van der Waals surface area contributed by atoms with Gasteiger partial charge in [0.2, 0.25) is 0 Å². The Morgan fingerprint density at radius 2 is 0.902 bits per heavy atom. The van der Waals surface area contributed by atoms with E-state index in [4.69, 9.17) is 15.0 Å². The quantitative estimate of drug-likeness (QED) is 0.231. The topological polar surface area (TPSA) is 38.7 Å². The van der Waals surface area contributed by atoms with Crippen molar-refractivity contribution in [1.82, 2.24) is 15.0 Å². The third-order valence-electron chi connectivity index (χ3n) is 8.54. The van der Waals surface area contributed by atoms with Gasteiger partial charge in [0.25, 0.3) is 0 Å². The van der Waals surface area contributed by atoms with Crippen LogP contribution in [0.25, 0.3) is 66.8 Å². The van der Waals surface area contributed by atoms with Gasteiger partial charge in [-0.3, -0.25) is 0 Å². The van der Waals surface area contributed by atoms with E-state index in [1.165, 1.54) is 22.3 Å². The molecule has 7 aromatic rings. The maximum atomic E-state index is 5.13. The monoisotopic (exact) mass is 525 g/mol. The smallest absolute Gasteiger partial charge is 0.164 e. The predicted octanol–water partition coefficient (Wildman–Crippen LogP) is 9.49. The maximum Gasteiger partial charge on any atom is 0.164 e. The Bertz CT molecular complexity index is 2030. The van der Waals surface area contributed by atoms with Gasteiger partial charge in [0, 0.05) is 22.1 Å². The first-order valence-electron chi connectivity index (χ1n) is 14.0. The number of aromatic nitrogens is 3. The summed E-state index contributed by atoms with van der Waals surface area (Å²) in [5, 5.41) is 4.58. The number of hydrogen-bond donors (Lipinski definition) is 0. The molecule has 3 heteroatoms. The second-order valence-electron chi connectivity index (χ2n) is 11.3. The molecule has 0 N–H and O–H groups in total. The minimum absolute atomic E-state index is 0.105. The van der Waals surface area contributed by atoms with Crippen LogP contribution in [0, 0.1) is 0 Å². The molecule has 6 aromatic carbocycles. The second kappa shape index (κ2) is 8.94. The number of nitrogens with zero attached hydrogens (tertiary/aromatic N) is 3. The van der Waals surface area contributed by atoms with Gasteiger partial charge in [-0.05, 0) is 49.9 Å². The van der Waals surface area contributed by atoms with Gasteiger partial charge < -0.3 is 0 Å². The van der Waals surface area contributed by atoms with E-state index >= 15 is 0 Å². The summed E-state index contributed by atoms with van der Waals surface area (Å²) in [5.41, 5.74) is 8.14. The largest absolute Gasteiger partial charge is 0.208 e. The van der Waals surface area contributed by atoms with E-state index in [1.54, 1.807) is 0 Å². The Kier molecular flexibility index (Phi) is 5.17. The average Bonchev–Trinajstić information content (AvgIpc) is 3.26. The van der Waals surface area contributed by atoms with Crippen molar-refractivity contribution in [2.45, 2.75) is 19.3 Å². The van der Waals surface area contributed by atoms with Crippen molar-refractivity contribution in [3.05, 3.63) is 139 Å². The van der Waals surface area contributed by atoms with Crippen molar-refractivity contribution in [2.24, 2.45) is 0 Å². The Balaban J connectivity index is 1.38. The standard InChI is InChI=1S/C38H27N3/c1-38(2)33-20-8-7-17-29(33)30-22-21-26(23-34(30)38)35-39-36(31-18-9-13-24-11-3-5-15-27(24)31)41-37(40-35)32-19-10-14-25-12-4-6-16-28(25)32/h3-23H,1-2H3. The summed E-state index contributed by atoms with van der Waals surface area (Å²) in [7, 11) is 0. The molecule has 1 aliphatic rings. The first-order chi connectivity index (χ1) is 20.1. The van der Waals surface area contributed by atoms with Crippen LogP contribution in [-0.4, -0.2) is 15.0 Å². The van der Waals surface area contributed by atoms with Gasteiger partial charge in [-0.15, -0.1) is 0 Å². The number of benzene rings is 6. The molecular formula is C38H27N3. The molecule has 0 amide bonds. The van der Waals surface area contributed by atoms with Crippen LogP contribution < -0.4 is 0 Å². The SMILES string of the molecule is CC1(C)c2ccccc2-c2ccc(-c3nc(-c4cccc5ccccc45)nc(-c4cccc5ccccc45)n3)cc21. The van der Waals surface area contributed by atoms with Crippen LogP contribution in [0.1, 0.15) is 25.0 Å². The molecule has 3 nitrogen and oxygen atoms in total. The van der Waals surface area contributed by atoms with Gasteiger partial charge in [-0.2, -0.15) is 0 Å². The summed E-state index contributed by atoms with van der Waals surface area (Å²) in [5.74, 6) is 2.04. The van der Waals surface area contributed by atoms with E-state index in [0.717, 1.165) is 38.2 Å². The predicted molar refractivity (Wildman–Crippen MR) is 169 cm³/mol. The number of hydrogen-bond acceptors (Lipinski definition) is 3. The lowest BCUT2D eigenvalue weighted by molar-refractivity contribution is 0.660. The lowest BCUT2D eigenvalue weighted by Crippen LogP contribution is -2.15. The van der Waals surface area contributed by atoms with Gasteiger partial charge in [0.05, 0.1) is 0 Å². The molecule has 0 atom stereocenters.